The lowest BCUT2D eigenvalue weighted by Crippen LogP contribution is -2.65. The summed E-state index contributed by atoms with van der Waals surface area (Å²) in [6.45, 7) is 3.64. The first kappa shape index (κ1) is 14.7. The molecule has 1 aromatic carbocycles. The summed E-state index contributed by atoms with van der Waals surface area (Å²) in [6.07, 6.45) is 0. The van der Waals surface area contributed by atoms with E-state index in [1.165, 1.54) is 6.07 Å². The van der Waals surface area contributed by atoms with Crippen molar-refractivity contribution in [1.82, 2.24) is 4.31 Å². The lowest BCUT2D eigenvalue weighted by Gasteiger charge is -2.47. The normalized spacial score (nSPS) is 19.5. The Bertz CT molecular complexity index is 597. The Labute approximate surface area is 116 Å². The van der Waals surface area contributed by atoms with Crippen LogP contribution < -0.4 is 0 Å². The molecule has 7 heteroatoms. The van der Waals surface area contributed by atoms with Crippen LogP contribution in [0.4, 0.5) is 4.39 Å². The highest BCUT2D eigenvalue weighted by Crippen LogP contribution is 2.35. The zero-order valence-electron chi connectivity index (χ0n) is 10.6. The first-order chi connectivity index (χ1) is 8.67. The van der Waals surface area contributed by atoms with Crippen LogP contribution in [0.15, 0.2) is 23.1 Å². The fourth-order valence-corrected chi connectivity index (χ4v) is 3.96. The number of rotatable bonds is 3. The number of hydrogen-bond acceptors (Lipinski definition) is 3. The van der Waals surface area contributed by atoms with E-state index in [2.05, 4.69) is 0 Å². The minimum atomic E-state index is -3.86. The highest BCUT2D eigenvalue weighted by molar-refractivity contribution is 7.89. The van der Waals surface area contributed by atoms with E-state index < -0.39 is 21.4 Å². The second kappa shape index (κ2) is 4.70. The van der Waals surface area contributed by atoms with E-state index in [9.17, 15) is 17.9 Å². The summed E-state index contributed by atoms with van der Waals surface area (Å²) in [4.78, 5) is -0.264. The molecule has 1 aromatic rings. The summed E-state index contributed by atoms with van der Waals surface area (Å²) < 4.78 is 38.8. The van der Waals surface area contributed by atoms with Crippen molar-refractivity contribution in [3.8, 4) is 0 Å². The second-order valence-electron chi connectivity index (χ2n) is 5.11. The maximum atomic E-state index is 13.2. The van der Waals surface area contributed by atoms with Gasteiger partial charge in [0.25, 0.3) is 0 Å². The van der Waals surface area contributed by atoms with Crippen LogP contribution in [0.2, 0.25) is 5.02 Å². The fourth-order valence-electron chi connectivity index (χ4n) is 1.91. The SMILES string of the molecule is CC(C)C1(O)CN(S(=O)(=O)c2cc(F)ccc2Cl)C1. The van der Waals surface area contributed by atoms with Crippen LogP contribution in [0, 0.1) is 11.7 Å². The number of hydrogen-bond donors (Lipinski definition) is 1. The van der Waals surface area contributed by atoms with E-state index in [1.54, 1.807) is 0 Å². The second-order valence-corrected chi connectivity index (χ2v) is 7.42. The summed E-state index contributed by atoms with van der Waals surface area (Å²) in [5.74, 6) is -0.718. The van der Waals surface area contributed by atoms with E-state index in [-0.39, 0.29) is 28.9 Å². The van der Waals surface area contributed by atoms with Crippen molar-refractivity contribution < 1.29 is 17.9 Å². The van der Waals surface area contributed by atoms with Crippen molar-refractivity contribution >= 4 is 21.6 Å². The van der Waals surface area contributed by atoms with Gasteiger partial charge in [-0.2, -0.15) is 4.31 Å². The average molecular weight is 308 g/mol. The van der Waals surface area contributed by atoms with Gasteiger partial charge in [0.1, 0.15) is 10.7 Å². The average Bonchev–Trinajstić information content (AvgIpc) is 2.27. The maximum absolute atomic E-state index is 13.2. The summed E-state index contributed by atoms with van der Waals surface area (Å²) in [5, 5.41) is 10.1. The standard InChI is InChI=1S/C12H15ClFNO3S/c1-8(2)12(16)6-15(7-12)19(17,18)11-5-9(14)3-4-10(11)13/h3-5,8,16H,6-7H2,1-2H3. The third-order valence-electron chi connectivity index (χ3n) is 3.49. The Morgan fingerprint density at radius 1 is 1.42 bits per heavy atom. The Morgan fingerprint density at radius 3 is 2.53 bits per heavy atom. The van der Waals surface area contributed by atoms with Crippen molar-refractivity contribution in [2.75, 3.05) is 13.1 Å². The van der Waals surface area contributed by atoms with E-state index in [0.717, 1.165) is 16.4 Å². The molecule has 0 atom stereocenters. The Kier molecular flexibility index (Phi) is 3.64. The van der Waals surface area contributed by atoms with Gasteiger partial charge in [0.05, 0.1) is 10.6 Å². The van der Waals surface area contributed by atoms with Crippen molar-refractivity contribution in [3.05, 3.63) is 29.0 Å². The van der Waals surface area contributed by atoms with Crippen molar-refractivity contribution in [3.63, 3.8) is 0 Å². The molecule has 0 amide bonds. The Hall–Kier alpha value is -0.690. The first-order valence-electron chi connectivity index (χ1n) is 5.84. The number of aliphatic hydroxyl groups is 1. The summed E-state index contributed by atoms with van der Waals surface area (Å²) in [7, 11) is -3.86. The summed E-state index contributed by atoms with van der Waals surface area (Å²) in [6, 6.07) is 3.20. The molecular weight excluding hydrogens is 293 g/mol. The van der Waals surface area contributed by atoms with Gasteiger partial charge in [-0.25, -0.2) is 12.8 Å². The topological polar surface area (TPSA) is 57.6 Å². The molecule has 0 radical (unpaired) electrons. The van der Waals surface area contributed by atoms with Gasteiger partial charge < -0.3 is 5.11 Å². The van der Waals surface area contributed by atoms with Crippen molar-refractivity contribution in [2.24, 2.45) is 5.92 Å². The summed E-state index contributed by atoms with van der Waals surface area (Å²) in [5.41, 5.74) is -1.02. The molecule has 2 rings (SSSR count). The molecule has 1 heterocycles. The lowest BCUT2D eigenvalue weighted by atomic mass is 9.85. The molecule has 0 saturated carbocycles. The summed E-state index contributed by atoms with van der Waals surface area (Å²) >= 11 is 5.80. The molecule has 19 heavy (non-hydrogen) atoms. The van der Waals surface area contributed by atoms with Gasteiger partial charge in [-0.1, -0.05) is 25.4 Å². The number of nitrogens with zero attached hydrogens (tertiary/aromatic N) is 1. The predicted octanol–water partition coefficient (Wildman–Crippen LogP) is 1.87. The molecule has 106 valence electrons. The molecule has 0 aromatic heterocycles. The van der Waals surface area contributed by atoms with E-state index in [0.29, 0.717) is 0 Å². The van der Waals surface area contributed by atoms with Crippen LogP contribution in [0.1, 0.15) is 13.8 Å². The van der Waals surface area contributed by atoms with Crippen molar-refractivity contribution in [1.29, 1.82) is 0 Å². The molecule has 1 fully saturated rings. The zero-order chi connectivity index (χ0) is 14.4. The molecule has 0 spiro atoms. The van der Waals surface area contributed by atoms with Crippen LogP contribution >= 0.6 is 11.6 Å². The van der Waals surface area contributed by atoms with Gasteiger partial charge in [-0.3, -0.25) is 0 Å². The Balaban J connectivity index is 2.29. The third-order valence-corrected chi connectivity index (χ3v) is 5.76. The molecule has 4 nitrogen and oxygen atoms in total. The maximum Gasteiger partial charge on any atom is 0.244 e. The number of β-amino-alcohol motifs (C(OH)–C–C–N with tert-alkyl or cyclic N) is 1. The molecule has 0 aliphatic carbocycles. The van der Waals surface area contributed by atoms with Gasteiger partial charge in [-0.05, 0) is 24.1 Å². The highest BCUT2D eigenvalue weighted by Gasteiger charge is 2.49. The van der Waals surface area contributed by atoms with Gasteiger partial charge in [0, 0.05) is 13.1 Å². The van der Waals surface area contributed by atoms with Crippen LogP contribution in [0.5, 0.6) is 0 Å². The largest absolute Gasteiger partial charge is 0.387 e. The highest BCUT2D eigenvalue weighted by atomic mass is 35.5. The first-order valence-corrected chi connectivity index (χ1v) is 7.66. The van der Waals surface area contributed by atoms with Crippen molar-refractivity contribution in [2.45, 2.75) is 24.3 Å². The molecule has 1 aliphatic rings. The molecular formula is C12H15ClFNO3S. The Morgan fingerprint density at radius 2 is 2.00 bits per heavy atom. The molecule has 0 unspecified atom stereocenters. The lowest BCUT2D eigenvalue weighted by molar-refractivity contribution is -0.0932. The van der Waals surface area contributed by atoms with Crippen LogP contribution in [0.25, 0.3) is 0 Å². The smallest absolute Gasteiger partial charge is 0.244 e. The molecule has 1 aliphatic heterocycles. The van der Waals surface area contributed by atoms with Crippen LogP contribution in [-0.2, 0) is 10.0 Å². The minimum absolute atomic E-state index is 0.000157. The van der Waals surface area contributed by atoms with E-state index >= 15 is 0 Å². The fraction of sp³-hybridized carbons (Fsp3) is 0.500. The molecule has 0 bridgehead atoms. The zero-order valence-corrected chi connectivity index (χ0v) is 12.2. The number of benzene rings is 1. The molecule has 1 saturated heterocycles. The van der Waals surface area contributed by atoms with Gasteiger partial charge in [0.2, 0.25) is 10.0 Å². The van der Waals surface area contributed by atoms with Crippen LogP contribution in [0.3, 0.4) is 0 Å². The van der Waals surface area contributed by atoms with E-state index in [4.69, 9.17) is 11.6 Å². The quantitative estimate of drug-likeness (QED) is 0.927. The van der Waals surface area contributed by atoms with Crippen LogP contribution in [-0.4, -0.2) is 36.5 Å². The number of sulfonamides is 1. The monoisotopic (exact) mass is 307 g/mol. The van der Waals surface area contributed by atoms with Gasteiger partial charge in [-0.15, -0.1) is 0 Å². The van der Waals surface area contributed by atoms with Gasteiger partial charge >= 0.3 is 0 Å². The third kappa shape index (κ3) is 2.50. The molecule has 1 N–H and O–H groups in total. The van der Waals surface area contributed by atoms with E-state index in [1.807, 2.05) is 13.8 Å². The predicted molar refractivity (Wildman–Crippen MR) is 70.0 cm³/mol. The van der Waals surface area contributed by atoms with Gasteiger partial charge in [0.15, 0.2) is 0 Å². The number of halogens is 2. The minimum Gasteiger partial charge on any atom is -0.387 e.